The zero-order valence-electron chi connectivity index (χ0n) is 21.8. The number of benzene rings is 4. The van der Waals surface area contributed by atoms with Crippen molar-refractivity contribution < 1.29 is 14.4 Å². The first-order valence-corrected chi connectivity index (χ1v) is 12.5. The van der Waals surface area contributed by atoms with Crippen LogP contribution in [0.4, 0.5) is 0 Å². The molecular formula is C32H35N2O2+. The fraction of sp³-hybridized carbons (Fsp3) is 0.219. The average molecular weight is 480 g/mol. The van der Waals surface area contributed by atoms with Gasteiger partial charge < -0.3 is 9.84 Å². The molecule has 5 rings (SSSR count). The molecule has 184 valence electrons. The van der Waals surface area contributed by atoms with Crippen LogP contribution in [-0.4, -0.2) is 16.3 Å². The van der Waals surface area contributed by atoms with Gasteiger partial charge in [0.25, 0.3) is 5.82 Å². The number of aryl methyl sites for hydroxylation is 4. The Labute approximate surface area is 214 Å². The number of hydrogen-bond donors (Lipinski definition) is 1. The first-order chi connectivity index (χ1) is 17.5. The molecule has 0 aliphatic carbocycles. The minimum Gasteiger partial charge on any atom is -0.507 e. The van der Waals surface area contributed by atoms with Crippen LogP contribution in [0.3, 0.4) is 0 Å². The van der Waals surface area contributed by atoms with Gasteiger partial charge in [0.2, 0.25) is 0 Å². The third kappa shape index (κ3) is 4.99. The second-order valence-electron chi connectivity index (χ2n) is 8.90. The highest BCUT2D eigenvalue weighted by molar-refractivity contribution is 5.80. The maximum atomic E-state index is 9.33. The van der Waals surface area contributed by atoms with Crippen LogP contribution in [0.2, 0.25) is 0 Å². The van der Waals surface area contributed by atoms with Gasteiger partial charge >= 0.3 is 0 Å². The number of nitrogens with zero attached hydrogens (tertiary/aromatic N) is 2. The monoisotopic (exact) mass is 479 g/mol. The molecule has 0 spiro atoms. The number of hydrogen-bond acceptors (Lipinski definition) is 2. The van der Waals surface area contributed by atoms with Crippen molar-refractivity contribution in [1.29, 1.82) is 0 Å². The molecule has 1 N–H and O–H groups in total. The Balaban J connectivity index is 0.000000256. The average Bonchev–Trinajstić information content (AvgIpc) is 3.23. The summed E-state index contributed by atoms with van der Waals surface area (Å²) >= 11 is 0. The van der Waals surface area contributed by atoms with Crippen LogP contribution < -0.4 is 9.30 Å². The fourth-order valence-corrected chi connectivity index (χ4v) is 4.76. The zero-order chi connectivity index (χ0) is 25.7. The smallest absolute Gasteiger partial charge is 0.298 e. The second-order valence-corrected chi connectivity index (χ2v) is 8.90. The van der Waals surface area contributed by atoms with E-state index in [1.165, 1.54) is 16.6 Å². The molecule has 0 fully saturated rings. The molecule has 0 unspecified atom stereocenters. The third-order valence-corrected chi connectivity index (χ3v) is 6.27. The van der Waals surface area contributed by atoms with Crippen molar-refractivity contribution in [2.75, 3.05) is 6.61 Å². The molecular weight excluding hydrogens is 444 g/mol. The molecule has 0 aliphatic heterocycles. The first kappa shape index (κ1) is 25.1. The molecule has 5 aromatic rings. The van der Waals surface area contributed by atoms with Crippen molar-refractivity contribution in [2.24, 2.45) is 0 Å². The Hall–Kier alpha value is -4.05. The lowest BCUT2D eigenvalue weighted by Gasteiger charge is -2.10. The van der Waals surface area contributed by atoms with Gasteiger partial charge in [-0.3, -0.25) is 0 Å². The van der Waals surface area contributed by atoms with Crippen molar-refractivity contribution in [3.63, 3.8) is 0 Å². The molecule has 0 saturated heterocycles. The summed E-state index contributed by atoms with van der Waals surface area (Å²) < 4.78 is 10.6. The van der Waals surface area contributed by atoms with Crippen molar-refractivity contribution in [2.45, 2.75) is 41.2 Å². The van der Waals surface area contributed by atoms with Crippen LogP contribution in [0, 0.1) is 20.8 Å². The lowest BCUT2D eigenvalue weighted by molar-refractivity contribution is -0.657. The van der Waals surface area contributed by atoms with Crippen molar-refractivity contribution in [3.8, 4) is 28.6 Å². The number of phenols is 1. The normalized spacial score (nSPS) is 10.7. The quantitative estimate of drug-likeness (QED) is 0.268. The van der Waals surface area contributed by atoms with E-state index in [2.05, 4.69) is 82.8 Å². The Morgan fingerprint density at radius 2 is 1.39 bits per heavy atom. The van der Waals surface area contributed by atoms with Crippen LogP contribution in [-0.2, 0) is 6.54 Å². The van der Waals surface area contributed by atoms with Gasteiger partial charge in [-0.1, -0.05) is 60.2 Å². The summed E-state index contributed by atoms with van der Waals surface area (Å²) in [6.45, 7) is 11.6. The topological polar surface area (TPSA) is 38.3 Å². The number of aromatic nitrogens is 2. The van der Waals surface area contributed by atoms with Gasteiger partial charge in [-0.15, -0.1) is 0 Å². The molecule has 4 aromatic carbocycles. The van der Waals surface area contributed by atoms with Crippen molar-refractivity contribution >= 4 is 11.0 Å². The van der Waals surface area contributed by atoms with Crippen LogP contribution in [0.15, 0.2) is 91.0 Å². The van der Waals surface area contributed by atoms with Gasteiger partial charge in [-0.05, 0) is 82.1 Å². The van der Waals surface area contributed by atoms with Gasteiger partial charge in [-0.25, -0.2) is 4.57 Å². The highest BCUT2D eigenvalue weighted by Crippen LogP contribution is 2.33. The summed E-state index contributed by atoms with van der Waals surface area (Å²) in [6.07, 6.45) is 0. The molecule has 0 radical (unpaired) electrons. The molecule has 1 aromatic heterocycles. The number of aromatic hydroxyl groups is 1. The molecule has 0 saturated carbocycles. The zero-order valence-corrected chi connectivity index (χ0v) is 21.8. The van der Waals surface area contributed by atoms with E-state index < -0.39 is 0 Å². The maximum Gasteiger partial charge on any atom is 0.298 e. The highest BCUT2D eigenvalue weighted by Gasteiger charge is 2.28. The Kier molecular flexibility index (Phi) is 7.74. The molecule has 4 nitrogen and oxygen atoms in total. The molecule has 4 heteroatoms. The van der Waals surface area contributed by atoms with Crippen LogP contribution in [0.1, 0.15) is 30.5 Å². The molecule has 36 heavy (non-hydrogen) atoms. The number of rotatable bonds is 5. The summed E-state index contributed by atoms with van der Waals surface area (Å²) in [5.41, 5.74) is 7.79. The number of ether oxygens (including phenoxy) is 1. The lowest BCUT2D eigenvalue weighted by atomic mass is 10.1. The van der Waals surface area contributed by atoms with Crippen molar-refractivity contribution in [1.82, 2.24) is 4.57 Å². The predicted molar refractivity (Wildman–Crippen MR) is 148 cm³/mol. The minimum absolute atomic E-state index is 0.422. The minimum atomic E-state index is 0.422. The summed E-state index contributed by atoms with van der Waals surface area (Å²) in [7, 11) is 0. The Bertz CT molecular complexity index is 1450. The van der Waals surface area contributed by atoms with Gasteiger partial charge in [0.15, 0.2) is 11.0 Å². The summed E-state index contributed by atoms with van der Waals surface area (Å²) in [4.78, 5) is 0. The van der Waals surface area contributed by atoms with Gasteiger partial charge in [0, 0.05) is 0 Å². The van der Waals surface area contributed by atoms with E-state index in [1.807, 2.05) is 52.0 Å². The van der Waals surface area contributed by atoms with Gasteiger partial charge in [0.1, 0.15) is 22.7 Å². The van der Waals surface area contributed by atoms with Crippen LogP contribution >= 0.6 is 0 Å². The largest absolute Gasteiger partial charge is 0.507 e. The van der Waals surface area contributed by atoms with E-state index in [0.29, 0.717) is 12.4 Å². The lowest BCUT2D eigenvalue weighted by Crippen LogP contribution is -2.34. The Morgan fingerprint density at radius 3 is 2.06 bits per heavy atom. The summed E-state index contributed by atoms with van der Waals surface area (Å²) in [6, 6.07) is 31.3. The van der Waals surface area contributed by atoms with Crippen molar-refractivity contribution in [3.05, 3.63) is 108 Å². The maximum absolute atomic E-state index is 9.33. The number of imidazole rings is 1. The second kappa shape index (κ2) is 11.1. The molecule has 0 aliphatic rings. The molecule has 1 heterocycles. The number of phenolic OH excluding ortho intramolecular Hbond substituents is 1. The van der Waals surface area contributed by atoms with E-state index in [-0.39, 0.29) is 0 Å². The third-order valence-electron chi connectivity index (χ3n) is 6.27. The van der Waals surface area contributed by atoms with E-state index in [4.69, 9.17) is 4.74 Å². The first-order valence-electron chi connectivity index (χ1n) is 12.5. The standard InChI is InChI=1S/C23H23N2O.C9H12O/c1-3-24-20-15-9-10-16-21(20)25(18-12-6-5-7-13-18)23(24)19-14-8-11-17-22(19)26-4-2;1-6-4-7(2)9(10)8(3)5-6/h5-17H,3-4H2,1-2H3;4-5,10H,1-3H3/q+1;. The van der Waals surface area contributed by atoms with E-state index >= 15 is 0 Å². The molecule has 0 bridgehead atoms. The Morgan fingerprint density at radius 1 is 0.778 bits per heavy atom. The van der Waals surface area contributed by atoms with E-state index in [9.17, 15) is 5.11 Å². The fourth-order valence-electron chi connectivity index (χ4n) is 4.76. The van der Waals surface area contributed by atoms with Crippen LogP contribution in [0.25, 0.3) is 28.1 Å². The van der Waals surface area contributed by atoms with Gasteiger partial charge in [0.05, 0.1) is 13.2 Å². The van der Waals surface area contributed by atoms with Crippen LogP contribution in [0.5, 0.6) is 11.5 Å². The molecule has 0 amide bonds. The SMILES string of the molecule is CCOc1ccccc1-c1n(-c2ccccc2)c2ccccc2[n+]1CC.Cc1cc(C)c(O)c(C)c1. The number of fused-ring (bicyclic) bond motifs is 1. The number of para-hydroxylation sites is 4. The van der Waals surface area contributed by atoms with E-state index in [1.54, 1.807) is 0 Å². The highest BCUT2D eigenvalue weighted by atomic mass is 16.5. The van der Waals surface area contributed by atoms with E-state index in [0.717, 1.165) is 40.5 Å². The van der Waals surface area contributed by atoms with Gasteiger partial charge in [-0.2, -0.15) is 4.57 Å². The summed E-state index contributed by atoms with van der Waals surface area (Å²) in [5.74, 6) is 2.48. The predicted octanol–water partition coefficient (Wildman–Crippen LogP) is 7.32. The molecule has 0 atom stereocenters. The summed E-state index contributed by atoms with van der Waals surface area (Å²) in [5, 5.41) is 9.33.